The molecule has 2 aromatic heterocycles. The van der Waals surface area contributed by atoms with Crippen molar-refractivity contribution >= 4 is 34.4 Å². The number of rotatable bonds is 3. The van der Waals surface area contributed by atoms with Gasteiger partial charge in [-0.25, -0.2) is 4.68 Å². The van der Waals surface area contributed by atoms with E-state index in [0.29, 0.717) is 34.0 Å². The summed E-state index contributed by atoms with van der Waals surface area (Å²) in [6.07, 6.45) is 0. The number of benzene rings is 3. The van der Waals surface area contributed by atoms with Crippen molar-refractivity contribution in [3.05, 3.63) is 125 Å². The number of thiophene rings is 1. The van der Waals surface area contributed by atoms with Crippen LogP contribution in [0, 0.1) is 11.3 Å². The number of nitrogens with one attached hydrogen (secondary N) is 2. The van der Waals surface area contributed by atoms with Crippen LogP contribution in [0.3, 0.4) is 0 Å². The standard InChI is InChI=1S/C30H19N5OS/c31-18-22-26(19-10-3-1-4-11-19)33-28-25(30(22)21-14-7-8-15-23(21)32-29(30)36)27(24-16-9-17-37-24)34-35(28)20-12-5-2-6-13-20/h1-17,33H,(H,32,36). The second-order valence-electron chi connectivity index (χ2n) is 8.90. The van der Waals surface area contributed by atoms with Gasteiger partial charge in [0.15, 0.2) is 0 Å². The third-order valence-corrected chi connectivity index (χ3v) is 7.85. The fraction of sp³-hybridized carbons (Fsp3) is 0.0333. The van der Waals surface area contributed by atoms with E-state index in [4.69, 9.17) is 5.10 Å². The third kappa shape index (κ3) is 2.90. The van der Waals surface area contributed by atoms with Crippen molar-refractivity contribution in [3.8, 4) is 22.3 Å². The van der Waals surface area contributed by atoms with Crippen molar-refractivity contribution in [2.45, 2.75) is 5.41 Å². The lowest BCUT2D eigenvalue weighted by Crippen LogP contribution is -2.41. The van der Waals surface area contributed by atoms with Gasteiger partial charge < -0.3 is 10.6 Å². The highest BCUT2D eigenvalue weighted by Gasteiger charge is 2.58. The number of para-hydroxylation sites is 2. The molecule has 7 rings (SSSR count). The second-order valence-corrected chi connectivity index (χ2v) is 9.85. The van der Waals surface area contributed by atoms with Crippen molar-refractivity contribution < 1.29 is 4.79 Å². The van der Waals surface area contributed by atoms with Gasteiger partial charge in [0.25, 0.3) is 0 Å². The lowest BCUT2D eigenvalue weighted by molar-refractivity contribution is -0.118. The summed E-state index contributed by atoms with van der Waals surface area (Å²) in [6, 6.07) is 33.5. The number of aromatic nitrogens is 2. The van der Waals surface area contributed by atoms with Crippen LogP contribution in [0.2, 0.25) is 0 Å². The molecule has 176 valence electrons. The Balaban J connectivity index is 1.66. The fourth-order valence-electron chi connectivity index (χ4n) is 5.44. The summed E-state index contributed by atoms with van der Waals surface area (Å²) in [6.45, 7) is 0. The Morgan fingerprint density at radius 3 is 2.32 bits per heavy atom. The monoisotopic (exact) mass is 497 g/mol. The zero-order valence-corrected chi connectivity index (χ0v) is 20.3. The summed E-state index contributed by atoms with van der Waals surface area (Å²) in [4.78, 5) is 15.1. The summed E-state index contributed by atoms with van der Waals surface area (Å²) < 4.78 is 1.84. The van der Waals surface area contributed by atoms with Gasteiger partial charge in [0.1, 0.15) is 16.9 Å². The zero-order chi connectivity index (χ0) is 25.0. The van der Waals surface area contributed by atoms with Crippen molar-refractivity contribution in [2.75, 3.05) is 10.6 Å². The predicted molar refractivity (Wildman–Crippen MR) is 145 cm³/mol. The van der Waals surface area contributed by atoms with Gasteiger partial charge in [0.2, 0.25) is 5.91 Å². The smallest absolute Gasteiger partial charge is 0.245 e. The minimum atomic E-state index is -1.37. The van der Waals surface area contributed by atoms with Crippen LogP contribution in [0.1, 0.15) is 16.7 Å². The molecule has 5 aromatic rings. The molecule has 1 unspecified atom stereocenters. The van der Waals surface area contributed by atoms with Gasteiger partial charge in [-0.1, -0.05) is 72.8 Å². The van der Waals surface area contributed by atoms with Crippen LogP contribution in [0.5, 0.6) is 0 Å². The average molecular weight is 498 g/mol. The maximum Gasteiger partial charge on any atom is 0.245 e. The molecule has 6 nitrogen and oxygen atoms in total. The first kappa shape index (κ1) is 21.4. The largest absolute Gasteiger partial charge is 0.338 e. The summed E-state index contributed by atoms with van der Waals surface area (Å²) in [5, 5.41) is 24.4. The predicted octanol–water partition coefficient (Wildman–Crippen LogP) is 6.20. The molecule has 1 spiro atoms. The van der Waals surface area contributed by atoms with Gasteiger partial charge in [0.05, 0.1) is 27.9 Å². The molecule has 0 fully saturated rings. The van der Waals surface area contributed by atoms with Crippen LogP contribution in [-0.2, 0) is 10.2 Å². The Bertz CT molecular complexity index is 1750. The van der Waals surface area contributed by atoms with E-state index >= 15 is 0 Å². The minimum Gasteiger partial charge on any atom is -0.338 e. The van der Waals surface area contributed by atoms with Crippen molar-refractivity contribution in [1.82, 2.24) is 9.78 Å². The molecule has 2 aliphatic heterocycles. The van der Waals surface area contributed by atoms with Gasteiger partial charge in [-0.15, -0.1) is 11.3 Å². The highest BCUT2D eigenvalue weighted by atomic mass is 32.1. The molecule has 3 aromatic carbocycles. The Hall–Kier alpha value is -4.93. The van der Waals surface area contributed by atoms with E-state index < -0.39 is 5.41 Å². The second kappa shape index (κ2) is 8.05. The topological polar surface area (TPSA) is 82.7 Å². The molecule has 4 heterocycles. The Morgan fingerprint density at radius 1 is 0.865 bits per heavy atom. The third-order valence-electron chi connectivity index (χ3n) is 6.98. The number of carbonyl (C=O) groups is 1. The van der Waals surface area contributed by atoms with E-state index in [0.717, 1.165) is 21.7 Å². The van der Waals surface area contributed by atoms with Crippen LogP contribution in [-0.4, -0.2) is 15.7 Å². The van der Waals surface area contributed by atoms with Crippen molar-refractivity contribution in [3.63, 3.8) is 0 Å². The van der Waals surface area contributed by atoms with E-state index in [1.165, 1.54) is 0 Å². The normalized spacial score (nSPS) is 17.6. The quantitative estimate of drug-likeness (QED) is 0.311. The fourth-order valence-corrected chi connectivity index (χ4v) is 6.15. The number of nitriles is 1. The van der Waals surface area contributed by atoms with E-state index in [1.807, 2.05) is 107 Å². The first-order valence-corrected chi connectivity index (χ1v) is 12.7. The van der Waals surface area contributed by atoms with Crippen LogP contribution in [0.15, 0.2) is 108 Å². The maximum atomic E-state index is 14.2. The van der Waals surface area contributed by atoms with E-state index in [1.54, 1.807) is 11.3 Å². The van der Waals surface area contributed by atoms with Crippen LogP contribution in [0.4, 0.5) is 11.5 Å². The Kier molecular flexibility index (Phi) is 4.65. The average Bonchev–Trinajstić information content (AvgIpc) is 3.67. The van der Waals surface area contributed by atoms with Crippen molar-refractivity contribution in [2.24, 2.45) is 0 Å². The Morgan fingerprint density at radius 2 is 1.59 bits per heavy atom. The number of hydrogen-bond acceptors (Lipinski definition) is 5. The lowest BCUT2D eigenvalue weighted by atomic mass is 9.67. The molecular weight excluding hydrogens is 478 g/mol. The molecule has 0 bridgehead atoms. The number of hydrogen-bond donors (Lipinski definition) is 2. The molecular formula is C30H19N5OS. The zero-order valence-electron chi connectivity index (χ0n) is 19.5. The summed E-state index contributed by atoms with van der Waals surface area (Å²) >= 11 is 1.55. The number of carbonyl (C=O) groups excluding carboxylic acids is 1. The molecule has 37 heavy (non-hydrogen) atoms. The SMILES string of the molecule is N#CC1=C(c2ccccc2)Nc2c(c(-c3cccs3)nn2-c2ccccc2)C12C(=O)Nc1ccccc12. The highest BCUT2D eigenvalue weighted by Crippen LogP contribution is 2.57. The molecule has 2 aliphatic rings. The first-order chi connectivity index (χ1) is 18.2. The molecule has 2 N–H and O–H groups in total. The number of nitrogens with zero attached hydrogens (tertiary/aromatic N) is 3. The van der Waals surface area contributed by atoms with Crippen LogP contribution in [0.25, 0.3) is 22.0 Å². The van der Waals surface area contributed by atoms with Gasteiger partial charge in [-0.3, -0.25) is 4.79 Å². The number of anilines is 2. The van der Waals surface area contributed by atoms with E-state index in [2.05, 4.69) is 16.7 Å². The molecule has 1 atom stereocenters. The highest BCUT2D eigenvalue weighted by molar-refractivity contribution is 7.13. The maximum absolute atomic E-state index is 14.2. The minimum absolute atomic E-state index is 0.258. The molecule has 0 saturated heterocycles. The molecule has 1 amide bonds. The summed E-state index contributed by atoms with van der Waals surface area (Å²) in [5.74, 6) is 0.408. The molecule has 0 saturated carbocycles. The van der Waals surface area contributed by atoms with Gasteiger partial charge in [0, 0.05) is 16.8 Å². The Labute approximate surface area is 217 Å². The number of fused-ring (bicyclic) bond motifs is 4. The number of amides is 1. The summed E-state index contributed by atoms with van der Waals surface area (Å²) in [5.41, 5.74) is 4.04. The molecule has 0 aliphatic carbocycles. The van der Waals surface area contributed by atoms with Gasteiger partial charge >= 0.3 is 0 Å². The lowest BCUT2D eigenvalue weighted by Gasteiger charge is -2.35. The summed E-state index contributed by atoms with van der Waals surface area (Å²) in [7, 11) is 0. The van der Waals surface area contributed by atoms with Crippen LogP contribution >= 0.6 is 11.3 Å². The molecule has 7 heteroatoms. The first-order valence-electron chi connectivity index (χ1n) is 11.8. The van der Waals surface area contributed by atoms with Crippen LogP contribution < -0.4 is 10.6 Å². The molecule has 0 radical (unpaired) electrons. The van der Waals surface area contributed by atoms with Crippen molar-refractivity contribution in [1.29, 1.82) is 5.26 Å². The van der Waals surface area contributed by atoms with Gasteiger partial charge in [-0.05, 0) is 35.2 Å². The van der Waals surface area contributed by atoms with E-state index in [9.17, 15) is 10.1 Å². The van der Waals surface area contributed by atoms with E-state index in [-0.39, 0.29) is 5.91 Å². The van der Waals surface area contributed by atoms with Gasteiger partial charge in [-0.2, -0.15) is 10.4 Å².